The van der Waals surface area contributed by atoms with E-state index in [1.807, 2.05) is 13.8 Å². The van der Waals surface area contributed by atoms with E-state index >= 15 is 0 Å². The van der Waals surface area contributed by atoms with E-state index in [0.717, 1.165) is 17.0 Å². The van der Waals surface area contributed by atoms with Gasteiger partial charge in [-0.15, -0.1) is 0 Å². The van der Waals surface area contributed by atoms with Gasteiger partial charge in [-0.2, -0.15) is 5.10 Å². The molecule has 0 unspecified atom stereocenters. The van der Waals surface area contributed by atoms with Crippen LogP contribution in [0.15, 0.2) is 11.2 Å². The van der Waals surface area contributed by atoms with Gasteiger partial charge in [0.2, 0.25) is 0 Å². The lowest BCUT2D eigenvalue weighted by molar-refractivity contribution is 0.412. The van der Waals surface area contributed by atoms with E-state index in [0.29, 0.717) is 11.2 Å². The Balaban J connectivity index is 1.78. The van der Waals surface area contributed by atoms with Crippen molar-refractivity contribution in [3.05, 3.63) is 23.0 Å². The van der Waals surface area contributed by atoms with Gasteiger partial charge in [-0.25, -0.2) is 0 Å². The standard InChI is InChI=1S/C14H22N4S/c1-10-8-12(11(2)16-10)9-15-18-14(19)17-13-6-4-3-5-7-13/h8-9,13,16H,3-7H2,1-2H3,(H2,17,18,19)/b15-9+. The lowest BCUT2D eigenvalue weighted by atomic mass is 9.96. The van der Waals surface area contributed by atoms with Crippen LogP contribution in [0.25, 0.3) is 0 Å². The maximum atomic E-state index is 5.24. The molecule has 1 saturated carbocycles. The van der Waals surface area contributed by atoms with Crippen molar-refractivity contribution in [2.45, 2.75) is 52.0 Å². The normalized spacial score (nSPS) is 16.7. The van der Waals surface area contributed by atoms with Gasteiger partial charge >= 0.3 is 0 Å². The van der Waals surface area contributed by atoms with Gasteiger partial charge in [-0.1, -0.05) is 19.3 Å². The van der Waals surface area contributed by atoms with Gasteiger partial charge < -0.3 is 10.3 Å². The molecule has 5 heteroatoms. The van der Waals surface area contributed by atoms with Crippen LogP contribution < -0.4 is 10.7 Å². The zero-order valence-corrected chi connectivity index (χ0v) is 12.4. The number of rotatable bonds is 3. The summed E-state index contributed by atoms with van der Waals surface area (Å²) >= 11 is 5.24. The van der Waals surface area contributed by atoms with Gasteiger partial charge in [0, 0.05) is 23.0 Å². The summed E-state index contributed by atoms with van der Waals surface area (Å²) in [5.74, 6) is 0. The highest BCUT2D eigenvalue weighted by molar-refractivity contribution is 7.80. The molecule has 1 aromatic rings. The maximum Gasteiger partial charge on any atom is 0.187 e. The van der Waals surface area contributed by atoms with E-state index in [-0.39, 0.29) is 0 Å². The molecule has 1 fully saturated rings. The number of aromatic amines is 1. The molecule has 104 valence electrons. The third kappa shape index (κ3) is 4.35. The minimum atomic E-state index is 0.514. The highest BCUT2D eigenvalue weighted by atomic mass is 32.1. The first-order chi connectivity index (χ1) is 9.15. The molecule has 0 spiro atoms. The molecule has 19 heavy (non-hydrogen) atoms. The van der Waals surface area contributed by atoms with Crippen LogP contribution in [0.2, 0.25) is 0 Å². The molecule has 0 bridgehead atoms. The number of hydrazone groups is 1. The number of H-pyrrole nitrogens is 1. The van der Waals surface area contributed by atoms with Gasteiger partial charge in [0.25, 0.3) is 0 Å². The molecule has 0 radical (unpaired) electrons. The molecule has 0 atom stereocenters. The average molecular weight is 278 g/mol. The molecule has 1 heterocycles. The van der Waals surface area contributed by atoms with Crippen LogP contribution in [0, 0.1) is 13.8 Å². The fourth-order valence-corrected chi connectivity index (χ4v) is 2.72. The second kappa shape index (κ2) is 6.70. The van der Waals surface area contributed by atoms with Crippen LogP contribution >= 0.6 is 12.2 Å². The van der Waals surface area contributed by atoms with Gasteiger partial charge in [-0.3, -0.25) is 5.43 Å². The van der Waals surface area contributed by atoms with Crippen molar-refractivity contribution in [2.75, 3.05) is 0 Å². The van der Waals surface area contributed by atoms with Crippen LogP contribution in [0.5, 0.6) is 0 Å². The van der Waals surface area contributed by atoms with Crippen LogP contribution in [-0.4, -0.2) is 22.4 Å². The van der Waals surface area contributed by atoms with Gasteiger partial charge in [0.1, 0.15) is 0 Å². The number of nitrogens with zero attached hydrogens (tertiary/aromatic N) is 1. The van der Waals surface area contributed by atoms with E-state index < -0.39 is 0 Å². The summed E-state index contributed by atoms with van der Waals surface area (Å²) < 4.78 is 0. The summed E-state index contributed by atoms with van der Waals surface area (Å²) in [6.45, 7) is 4.07. The maximum absolute atomic E-state index is 5.24. The third-order valence-corrected chi connectivity index (χ3v) is 3.71. The SMILES string of the molecule is Cc1cc(/C=N/NC(=S)NC2CCCCC2)c(C)[nH]1. The molecule has 0 aliphatic heterocycles. The van der Waals surface area contributed by atoms with Crippen molar-refractivity contribution in [1.29, 1.82) is 0 Å². The van der Waals surface area contributed by atoms with Crippen molar-refractivity contribution in [1.82, 2.24) is 15.7 Å². The Hall–Kier alpha value is -1.36. The monoisotopic (exact) mass is 278 g/mol. The van der Waals surface area contributed by atoms with Crippen molar-refractivity contribution in [3.8, 4) is 0 Å². The summed E-state index contributed by atoms with van der Waals surface area (Å²) in [6.07, 6.45) is 8.16. The van der Waals surface area contributed by atoms with E-state index in [2.05, 4.69) is 26.9 Å². The molecule has 4 nitrogen and oxygen atoms in total. The number of aromatic nitrogens is 1. The molecule has 1 aliphatic carbocycles. The quantitative estimate of drug-likeness (QED) is 0.453. The van der Waals surface area contributed by atoms with Crippen LogP contribution in [0.3, 0.4) is 0 Å². The van der Waals surface area contributed by atoms with E-state index in [1.54, 1.807) is 6.21 Å². The fraction of sp³-hybridized carbons (Fsp3) is 0.571. The lowest BCUT2D eigenvalue weighted by Crippen LogP contribution is -2.40. The molecule has 2 rings (SSSR count). The van der Waals surface area contributed by atoms with Crippen LogP contribution in [0.1, 0.15) is 49.1 Å². The van der Waals surface area contributed by atoms with Gasteiger partial charge in [0.05, 0.1) is 6.21 Å². The van der Waals surface area contributed by atoms with Crippen molar-refractivity contribution < 1.29 is 0 Å². The molecule has 0 saturated heterocycles. The first-order valence-corrected chi connectivity index (χ1v) is 7.32. The summed E-state index contributed by atoms with van der Waals surface area (Å²) in [5, 5.41) is 8.12. The molecular weight excluding hydrogens is 256 g/mol. The molecule has 3 N–H and O–H groups in total. The second-order valence-electron chi connectivity index (χ2n) is 5.21. The first kappa shape index (κ1) is 14.1. The Bertz CT molecular complexity index is 458. The first-order valence-electron chi connectivity index (χ1n) is 6.91. The van der Waals surface area contributed by atoms with Gasteiger partial charge in [-0.05, 0) is 45.0 Å². The molecule has 1 aromatic heterocycles. The number of aryl methyl sites for hydroxylation is 2. The Morgan fingerprint density at radius 3 is 2.74 bits per heavy atom. The second-order valence-corrected chi connectivity index (χ2v) is 5.62. The smallest absolute Gasteiger partial charge is 0.187 e. The zero-order chi connectivity index (χ0) is 13.7. The highest BCUT2D eigenvalue weighted by Gasteiger charge is 2.13. The largest absolute Gasteiger partial charge is 0.362 e. The number of nitrogens with one attached hydrogen (secondary N) is 3. The fourth-order valence-electron chi connectivity index (χ4n) is 2.50. The van der Waals surface area contributed by atoms with Crippen LogP contribution in [-0.2, 0) is 0 Å². The van der Waals surface area contributed by atoms with Crippen molar-refractivity contribution in [3.63, 3.8) is 0 Å². The molecule has 0 amide bonds. The average Bonchev–Trinajstić information content (AvgIpc) is 2.69. The Morgan fingerprint density at radius 2 is 2.11 bits per heavy atom. The van der Waals surface area contributed by atoms with Gasteiger partial charge in [0.15, 0.2) is 5.11 Å². The Morgan fingerprint density at radius 1 is 1.37 bits per heavy atom. The topological polar surface area (TPSA) is 52.2 Å². The zero-order valence-electron chi connectivity index (χ0n) is 11.6. The Labute approximate surface area is 120 Å². The van der Waals surface area contributed by atoms with E-state index in [9.17, 15) is 0 Å². The minimum Gasteiger partial charge on any atom is -0.362 e. The summed E-state index contributed by atoms with van der Waals surface area (Å²) in [5.41, 5.74) is 6.24. The lowest BCUT2D eigenvalue weighted by Gasteiger charge is -2.23. The number of thiocarbonyl (C=S) groups is 1. The molecular formula is C14H22N4S. The van der Waals surface area contributed by atoms with Crippen molar-refractivity contribution >= 4 is 23.5 Å². The summed E-state index contributed by atoms with van der Waals surface area (Å²) in [4.78, 5) is 3.24. The molecule has 1 aliphatic rings. The Kier molecular flexibility index (Phi) is 4.96. The highest BCUT2D eigenvalue weighted by Crippen LogP contribution is 2.17. The van der Waals surface area contributed by atoms with E-state index in [4.69, 9.17) is 12.2 Å². The third-order valence-electron chi connectivity index (χ3n) is 3.50. The van der Waals surface area contributed by atoms with Crippen molar-refractivity contribution in [2.24, 2.45) is 5.10 Å². The van der Waals surface area contributed by atoms with Crippen LogP contribution in [0.4, 0.5) is 0 Å². The summed E-state index contributed by atoms with van der Waals surface area (Å²) in [6, 6.07) is 2.58. The predicted octanol–water partition coefficient (Wildman–Crippen LogP) is 2.76. The number of hydrogen-bond acceptors (Lipinski definition) is 2. The predicted molar refractivity (Wildman–Crippen MR) is 83.6 cm³/mol. The van der Waals surface area contributed by atoms with E-state index in [1.165, 1.54) is 32.1 Å². The summed E-state index contributed by atoms with van der Waals surface area (Å²) in [7, 11) is 0. The molecule has 0 aromatic carbocycles. The number of hydrogen-bond donors (Lipinski definition) is 3. The minimum absolute atomic E-state index is 0.514.